The molecule has 0 aliphatic rings. The lowest BCUT2D eigenvalue weighted by Gasteiger charge is -1.95. The molecule has 0 atom stereocenters. The minimum Gasteiger partial charge on any atom is -0.295 e. The van der Waals surface area contributed by atoms with Crippen LogP contribution in [0.1, 0.15) is 20.9 Å². The van der Waals surface area contributed by atoms with Crippen molar-refractivity contribution >= 4 is 27.8 Å². The zero-order valence-electron chi connectivity index (χ0n) is 7.50. The van der Waals surface area contributed by atoms with Gasteiger partial charge in [0.2, 0.25) is 0 Å². The van der Waals surface area contributed by atoms with Gasteiger partial charge < -0.3 is 0 Å². The summed E-state index contributed by atoms with van der Waals surface area (Å²) in [5.41, 5.74) is 3.32. The maximum absolute atomic E-state index is 10.5. The highest BCUT2D eigenvalue weighted by Gasteiger charge is 2.05. The van der Waals surface area contributed by atoms with E-state index in [2.05, 4.69) is 11.1 Å². The molecule has 0 unspecified atom stereocenters. The van der Waals surface area contributed by atoms with E-state index in [0.29, 0.717) is 5.01 Å². The highest BCUT2D eigenvalue weighted by Crippen LogP contribution is 2.25. The molecular formula is C10H9NOS. The summed E-state index contributed by atoms with van der Waals surface area (Å²) < 4.78 is 1.12. The van der Waals surface area contributed by atoms with E-state index in [9.17, 15) is 4.79 Å². The molecule has 2 rings (SSSR count). The number of carbonyl (C=O) groups is 1. The van der Waals surface area contributed by atoms with Crippen LogP contribution in [0.15, 0.2) is 12.1 Å². The Morgan fingerprint density at radius 1 is 1.38 bits per heavy atom. The molecule has 13 heavy (non-hydrogen) atoms. The third-order valence-corrected chi connectivity index (χ3v) is 3.07. The smallest absolute Gasteiger partial charge is 0.178 e. The Labute approximate surface area is 80.2 Å². The van der Waals surface area contributed by atoms with E-state index in [4.69, 9.17) is 0 Å². The van der Waals surface area contributed by atoms with Crippen molar-refractivity contribution in [2.24, 2.45) is 0 Å². The van der Waals surface area contributed by atoms with Crippen molar-refractivity contribution in [3.05, 3.63) is 28.3 Å². The van der Waals surface area contributed by atoms with Crippen LogP contribution in [0, 0.1) is 13.8 Å². The lowest BCUT2D eigenvalue weighted by Crippen LogP contribution is -1.78. The lowest BCUT2D eigenvalue weighted by atomic mass is 10.1. The van der Waals surface area contributed by atoms with Gasteiger partial charge in [0, 0.05) is 0 Å². The average molecular weight is 191 g/mol. The lowest BCUT2D eigenvalue weighted by molar-refractivity contribution is 0.112. The normalized spacial score (nSPS) is 10.6. The minimum absolute atomic E-state index is 0.559. The first-order valence-corrected chi connectivity index (χ1v) is 4.85. The largest absolute Gasteiger partial charge is 0.295 e. The van der Waals surface area contributed by atoms with E-state index in [1.807, 2.05) is 19.9 Å². The summed E-state index contributed by atoms with van der Waals surface area (Å²) in [6.45, 7) is 4.08. The number of aldehydes is 1. The van der Waals surface area contributed by atoms with Crippen molar-refractivity contribution < 1.29 is 4.79 Å². The van der Waals surface area contributed by atoms with Crippen LogP contribution < -0.4 is 0 Å². The second-order valence-electron chi connectivity index (χ2n) is 3.10. The van der Waals surface area contributed by atoms with Gasteiger partial charge in [-0.2, -0.15) is 0 Å². The van der Waals surface area contributed by atoms with Gasteiger partial charge in [-0.15, -0.1) is 11.3 Å². The summed E-state index contributed by atoms with van der Waals surface area (Å²) in [5.74, 6) is 0. The van der Waals surface area contributed by atoms with Crippen molar-refractivity contribution in [2.45, 2.75) is 13.8 Å². The summed E-state index contributed by atoms with van der Waals surface area (Å²) in [6, 6.07) is 4.11. The predicted octanol–water partition coefficient (Wildman–Crippen LogP) is 2.73. The van der Waals surface area contributed by atoms with Crippen LogP contribution in [-0.2, 0) is 0 Å². The number of fused-ring (bicyclic) bond motifs is 1. The molecular weight excluding hydrogens is 182 g/mol. The molecule has 0 aliphatic heterocycles. The van der Waals surface area contributed by atoms with E-state index in [1.165, 1.54) is 22.5 Å². The van der Waals surface area contributed by atoms with E-state index in [0.717, 1.165) is 16.5 Å². The maximum atomic E-state index is 10.5. The van der Waals surface area contributed by atoms with E-state index in [-0.39, 0.29) is 0 Å². The number of hydrogen-bond acceptors (Lipinski definition) is 3. The zero-order chi connectivity index (χ0) is 9.42. The molecule has 3 heteroatoms. The van der Waals surface area contributed by atoms with Gasteiger partial charge in [0.05, 0.1) is 10.2 Å². The monoisotopic (exact) mass is 191 g/mol. The van der Waals surface area contributed by atoms with Crippen LogP contribution in [0.4, 0.5) is 0 Å². The molecule has 0 saturated carbocycles. The number of rotatable bonds is 1. The average Bonchev–Trinajstić information content (AvgIpc) is 2.47. The number of thiazole rings is 1. The topological polar surface area (TPSA) is 30.0 Å². The quantitative estimate of drug-likeness (QED) is 0.649. The molecule has 0 fully saturated rings. The van der Waals surface area contributed by atoms with Crippen LogP contribution in [0.5, 0.6) is 0 Å². The molecule has 2 nitrogen and oxygen atoms in total. The molecule has 1 aromatic heterocycles. The number of benzene rings is 1. The van der Waals surface area contributed by atoms with Crippen molar-refractivity contribution in [3.8, 4) is 0 Å². The molecule has 0 aliphatic carbocycles. The second kappa shape index (κ2) is 2.92. The van der Waals surface area contributed by atoms with Crippen molar-refractivity contribution in [2.75, 3.05) is 0 Å². The summed E-state index contributed by atoms with van der Waals surface area (Å²) in [6.07, 6.45) is 0.805. The standard InChI is InChI=1S/C10H9NOS/c1-6-3-7(2)10-8(4-6)11-9(5-12)13-10/h3-5H,1-2H3. The molecule has 1 aromatic carbocycles. The van der Waals surface area contributed by atoms with E-state index in [1.54, 1.807) is 0 Å². The SMILES string of the molecule is Cc1cc(C)c2sc(C=O)nc2c1. The first-order chi connectivity index (χ1) is 6.20. The molecule has 1 heterocycles. The fourth-order valence-electron chi connectivity index (χ4n) is 1.44. The Morgan fingerprint density at radius 2 is 2.15 bits per heavy atom. The molecule has 0 bridgehead atoms. The number of aromatic nitrogens is 1. The highest BCUT2D eigenvalue weighted by atomic mass is 32.1. The first-order valence-electron chi connectivity index (χ1n) is 4.03. The Morgan fingerprint density at radius 3 is 2.85 bits per heavy atom. The fourth-order valence-corrected chi connectivity index (χ4v) is 2.27. The van der Waals surface area contributed by atoms with Gasteiger partial charge in [0.25, 0.3) is 0 Å². The van der Waals surface area contributed by atoms with Crippen molar-refractivity contribution in [1.82, 2.24) is 4.98 Å². The van der Waals surface area contributed by atoms with Gasteiger partial charge >= 0.3 is 0 Å². The summed E-state index contributed by atoms with van der Waals surface area (Å²) in [4.78, 5) is 14.7. The van der Waals surface area contributed by atoms with Crippen LogP contribution in [0.3, 0.4) is 0 Å². The fraction of sp³-hybridized carbons (Fsp3) is 0.200. The highest BCUT2D eigenvalue weighted by molar-refractivity contribution is 7.20. The molecule has 0 N–H and O–H groups in total. The van der Waals surface area contributed by atoms with Crippen molar-refractivity contribution in [1.29, 1.82) is 0 Å². The van der Waals surface area contributed by atoms with E-state index < -0.39 is 0 Å². The van der Waals surface area contributed by atoms with Crippen LogP contribution in [0.2, 0.25) is 0 Å². The molecule has 66 valence electrons. The van der Waals surface area contributed by atoms with Gasteiger partial charge in [-0.25, -0.2) is 4.98 Å². The second-order valence-corrected chi connectivity index (χ2v) is 4.13. The molecule has 0 radical (unpaired) electrons. The third-order valence-electron chi connectivity index (χ3n) is 1.94. The molecule has 0 saturated heterocycles. The number of nitrogens with zero attached hydrogens (tertiary/aromatic N) is 1. The first kappa shape index (κ1) is 8.38. The molecule has 0 spiro atoms. The summed E-state index contributed by atoms with van der Waals surface area (Å²) >= 11 is 1.45. The van der Waals surface area contributed by atoms with Gasteiger partial charge in [0.1, 0.15) is 0 Å². The number of hydrogen-bond donors (Lipinski definition) is 0. The number of aryl methyl sites for hydroxylation is 2. The van der Waals surface area contributed by atoms with Gasteiger partial charge in [-0.1, -0.05) is 6.07 Å². The van der Waals surface area contributed by atoms with Crippen LogP contribution in [0.25, 0.3) is 10.2 Å². The Hall–Kier alpha value is -1.22. The Kier molecular flexibility index (Phi) is 1.88. The van der Waals surface area contributed by atoms with Crippen LogP contribution in [-0.4, -0.2) is 11.3 Å². The third kappa shape index (κ3) is 1.35. The Balaban J connectivity index is 2.82. The number of carbonyl (C=O) groups excluding carboxylic acids is 1. The van der Waals surface area contributed by atoms with Gasteiger partial charge in [-0.3, -0.25) is 4.79 Å². The van der Waals surface area contributed by atoms with E-state index >= 15 is 0 Å². The van der Waals surface area contributed by atoms with Gasteiger partial charge in [-0.05, 0) is 31.0 Å². The van der Waals surface area contributed by atoms with Gasteiger partial charge in [0.15, 0.2) is 11.3 Å². The summed E-state index contributed by atoms with van der Waals surface area (Å²) in [5, 5.41) is 0.559. The maximum Gasteiger partial charge on any atom is 0.178 e. The minimum atomic E-state index is 0.559. The van der Waals surface area contributed by atoms with Crippen LogP contribution >= 0.6 is 11.3 Å². The Bertz CT molecular complexity index is 473. The molecule has 0 amide bonds. The molecule has 2 aromatic rings. The zero-order valence-corrected chi connectivity index (χ0v) is 8.31. The predicted molar refractivity (Wildman–Crippen MR) is 54.5 cm³/mol. The summed E-state index contributed by atoms with van der Waals surface area (Å²) in [7, 11) is 0. The van der Waals surface area contributed by atoms with Crippen molar-refractivity contribution in [3.63, 3.8) is 0 Å².